The normalized spacial score (nSPS) is 12.0. The summed E-state index contributed by atoms with van der Waals surface area (Å²) in [5.74, 6) is -0.259. The standard InChI is InChI=1S/C15H19N3O2S/c1-3-11(8-19)16-14(20)13-9-21-15(18-13)17-12-7-5-4-6-10(12)2/h4-7,9,11,19H,3,8H2,1-2H3,(H,16,20)(H,17,18). The zero-order chi connectivity index (χ0) is 15.2. The molecule has 1 heterocycles. The highest BCUT2D eigenvalue weighted by Gasteiger charge is 2.14. The maximum Gasteiger partial charge on any atom is 0.271 e. The molecule has 2 aromatic rings. The fraction of sp³-hybridized carbons (Fsp3) is 0.333. The first-order valence-electron chi connectivity index (χ1n) is 6.84. The van der Waals surface area contributed by atoms with Crippen molar-refractivity contribution in [3.05, 3.63) is 40.9 Å². The van der Waals surface area contributed by atoms with Gasteiger partial charge >= 0.3 is 0 Å². The molecule has 1 unspecified atom stereocenters. The Balaban J connectivity index is 2.04. The molecule has 1 atom stereocenters. The van der Waals surface area contributed by atoms with Gasteiger partial charge in [0.25, 0.3) is 5.91 Å². The van der Waals surface area contributed by atoms with Crippen LogP contribution in [-0.4, -0.2) is 28.6 Å². The van der Waals surface area contributed by atoms with Crippen LogP contribution in [0.3, 0.4) is 0 Å². The third-order valence-corrected chi connectivity index (χ3v) is 3.93. The van der Waals surface area contributed by atoms with Gasteiger partial charge < -0.3 is 15.7 Å². The third-order valence-electron chi connectivity index (χ3n) is 3.17. The molecule has 0 spiro atoms. The average Bonchev–Trinajstić information content (AvgIpc) is 2.95. The number of hydrogen-bond acceptors (Lipinski definition) is 5. The van der Waals surface area contributed by atoms with Crippen LogP contribution >= 0.6 is 11.3 Å². The molecule has 21 heavy (non-hydrogen) atoms. The van der Waals surface area contributed by atoms with Crippen LogP contribution in [0.5, 0.6) is 0 Å². The van der Waals surface area contributed by atoms with E-state index in [1.54, 1.807) is 5.38 Å². The number of aromatic nitrogens is 1. The second-order valence-corrected chi connectivity index (χ2v) is 5.60. The number of carbonyl (C=O) groups excluding carboxylic acids is 1. The van der Waals surface area contributed by atoms with Gasteiger partial charge in [0.05, 0.1) is 12.6 Å². The summed E-state index contributed by atoms with van der Waals surface area (Å²) in [6.07, 6.45) is 0.681. The summed E-state index contributed by atoms with van der Waals surface area (Å²) in [6, 6.07) is 7.67. The van der Waals surface area contributed by atoms with Gasteiger partial charge in [-0.3, -0.25) is 4.79 Å². The molecule has 0 bridgehead atoms. The minimum atomic E-state index is -0.259. The fourth-order valence-electron chi connectivity index (χ4n) is 1.80. The minimum absolute atomic E-state index is 0.0688. The van der Waals surface area contributed by atoms with Crippen molar-refractivity contribution < 1.29 is 9.90 Å². The minimum Gasteiger partial charge on any atom is -0.394 e. The Morgan fingerprint density at radius 2 is 2.19 bits per heavy atom. The van der Waals surface area contributed by atoms with Gasteiger partial charge in [-0.1, -0.05) is 25.1 Å². The molecule has 2 rings (SSSR count). The van der Waals surface area contributed by atoms with Crippen LogP contribution in [0.2, 0.25) is 0 Å². The Morgan fingerprint density at radius 1 is 1.43 bits per heavy atom. The maximum absolute atomic E-state index is 12.0. The number of amides is 1. The summed E-state index contributed by atoms with van der Waals surface area (Å²) >= 11 is 1.38. The molecular formula is C15H19N3O2S. The van der Waals surface area contributed by atoms with Crippen molar-refractivity contribution in [2.75, 3.05) is 11.9 Å². The van der Waals surface area contributed by atoms with Crippen molar-refractivity contribution in [3.63, 3.8) is 0 Å². The van der Waals surface area contributed by atoms with E-state index < -0.39 is 0 Å². The van der Waals surface area contributed by atoms with Crippen molar-refractivity contribution in [1.29, 1.82) is 0 Å². The number of rotatable bonds is 6. The van der Waals surface area contributed by atoms with E-state index in [4.69, 9.17) is 5.11 Å². The molecule has 0 aliphatic heterocycles. The lowest BCUT2D eigenvalue weighted by Gasteiger charge is -2.12. The molecule has 0 saturated heterocycles. The zero-order valence-electron chi connectivity index (χ0n) is 12.1. The highest BCUT2D eigenvalue weighted by Crippen LogP contribution is 2.23. The Hall–Kier alpha value is -1.92. The fourth-order valence-corrected chi connectivity index (χ4v) is 2.50. The molecule has 0 aliphatic carbocycles. The molecule has 112 valence electrons. The largest absolute Gasteiger partial charge is 0.394 e. The first-order chi connectivity index (χ1) is 10.1. The molecule has 6 heteroatoms. The van der Waals surface area contributed by atoms with Gasteiger partial charge in [0, 0.05) is 11.1 Å². The molecule has 0 radical (unpaired) electrons. The Bertz CT molecular complexity index is 608. The van der Waals surface area contributed by atoms with E-state index in [1.807, 2.05) is 38.1 Å². The number of aliphatic hydroxyl groups is 1. The molecule has 0 fully saturated rings. The Kier molecular flexibility index (Phi) is 5.30. The average molecular weight is 305 g/mol. The summed E-state index contributed by atoms with van der Waals surface area (Å²) in [4.78, 5) is 16.3. The van der Waals surface area contributed by atoms with Crippen molar-refractivity contribution in [2.24, 2.45) is 0 Å². The summed E-state index contributed by atoms with van der Waals surface area (Å²) in [5.41, 5.74) is 2.45. The summed E-state index contributed by atoms with van der Waals surface area (Å²) < 4.78 is 0. The van der Waals surface area contributed by atoms with Crippen LogP contribution in [0.1, 0.15) is 29.4 Å². The topological polar surface area (TPSA) is 74.2 Å². The number of carbonyl (C=O) groups is 1. The van der Waals surface area contributed by atoms with Crippen LogP contribution in [0, 0.1) is 6.92 Å². The number of benzene rings is 1. The first-order valence-corrected chi connectivity index (χ1v) is 7.72. The second kappa shape index (κ2) is 7.19. The van der Waals surface area contributed by atoms with Crippen LogP contribution in [0.15, 0.2) is 29.6 Å². The van der Waals surface area contributed by atoms with Gasteiger partial charge in [-0.2, -0.15) is 0 Å². The summed E-state index contributed by atoms with van der Waals surface area (Å²) in [5, 5.41) is 17.4. The molecule has 1 amide bonds. The number of hydrogen-bond donors (Lipinski definition) is 3. The molecule has 1 aromatic carbocycles. The lowest BCUT2D eigenvalue weighted by Crippen LogP contribution is -2.37. The number of aliphatic hydroxyl groups excluding tert-OH is 1. The van der Waals surface area contributed by atoms with Gasteiger partial charge in [-0.15, -0.1) is 11.3 Å². The third kappa shape index (κ3) is 4.03. The van der Waals surface area contributed by atoms with E-state index in [-0.39, 0.29) is 18.6 Å². The van der Waals surface area contributed by atoms with Gasteiger partial charge in [-0.05, 0) is 25.0 Å². The predicted molar refractivity (Wildman–Crippen MR) is 85.2 cm³/mol. The van der Waals surface area contributed by atoms with Gasteiger partial charge in [0.15, 0.2) is 5.13 Å². The molecule has 3 N–H and O–H groups in total. The lowest BCUT2D eigenvalue weighted by atomic mass is 10.2. The smallest absolute Gasteiger partial charge is 0.271 e. The quantitative estimate of drug-likeness (QED) is 0.767. The Labute approximate surface area is 128 Å². The molecule has 0 aliphatic rings. The summed E-state index contributed by atoms with van der Waals surface area (Å²) in [7, 11) is 0. The zero-order valence-corrected chi connectivity index (χ0v) is 12.9. The number of thiazole rings is 1. The van der Waals surface area contributed by atoms with Gasteiger partial charge in [0.1, 0.15) is 5.69 Å². The number of nitrogens with zero attached hydrogens (tertiary/aromatic N) is 1. The number of para-hydroxylation sites is 1. The van der Waals surface area contributed by atoms with E-state index in [0.717, 1.165) is 11.3 Å². The number of anilines is 2. The van der Waals surface area contributed by atoms with E-state index in [2.05, 4.69) is 15.6 Å². The van der Waals surface area contributed by atoms with Crippen LogP contribution in [0.4, 0.5) is 10.8 Å². The van der Waals surface area contributed by atoms with Crippen molar-refractivity contribution in [3.8, 4) is 0 Å². The van der Waals surface area contributed by atoms with E-state index in [0.29, 0.717) is 17.2 Å². The summed E-state index contributed by atoms with van der Waals surface area (Å²) in [6.45, 7) is 3.85. The van der Waals surface area contributed by atoms with Crippen LogP contribution in [0.25, 0.3) is 0 Å². The van der Waals surface area contributed by atoms with E-state index >= 15 is 0 Å². The Morgan fingerprint density at radius 3 is 2.86 bits per heavy atom. The highest BCUT2D eigenvalue weighted by atomic mass is 32.1. The molecule has 5 nitrogen and oxygen atoms in total. The SMILES string of the molecule is CCC(CO)NC(=O)c1csc(Nc2ccccc2C)n1. The van der Waals surface area contributed by atoms with Crippen molar-refractivity contribution >= 4 is 28.1 Å². The predicted octanol–water partition coefficient (Wildman–Crippen LogP) is 2.70. The monoisotopic (exact) mass is 305 g/mol. The van der Waals surface area contributed by atoms with Crippen LogP contribution < -0.4 is 10.6 Å². The number of aryl methyl sites for hydroxylation is 1. The maximum atomic E-state index is 12.0. The number of nitrogens with one attached hydrogen (secondary N) is 2. The lowest BCUT2D eigenvalue weighted by molar-refractivity contribution is 0.0910. The van der Waals surface area contributed by atoms with Gasteiger partial charge in [-0.25, -0.2) is 4.98 Å². The molecule has 0 saturated carbocycles. The van der Waals surface area contributed by atoms with Gasteiger partial charge in [0.2, 0.25) is 0 Å². The van der Waals surface area contributed by atoms with E-state index in [1.165, 1.54) is 11.3 Å². The molecule has 1 aromatic heterocycles. The highest BCUT2D eigenvalue weighted by molar-refractivity contribution is 7.14. The second-order valence-electron chi connectivity index (χ2n) is 4.74. The van der Waals surface area contributed by atoms with Crippen LogP contribution in [-0.2, 0) is 0 Å². The first kappa shape index (κ1) is 15.5. The van der Waals surface area contributed by atoms with Crippen molar-refractivity contribution in [1.82, 2.24) is 10.3 Å². The molecular weight excluding hydrogens is 286 g/mol. The van der Waals surface area contributed by atoms with Crippen molar-refractivity contribution in [2.45, 2.75) is 26.3 Å². The van der Waals surface area contributed by atoms with E-state index in [9.17, 15) is 4.79 Å².